The van der Waals surface area contributed by atoms with E-state index in [4.69, 9.17) is 0 Å². The van der Waals surface area contributed by atoms with Gasteiger partial charge in [-0.25, -0.2) is 0 Å². The lowest BCUT2D eigenvalue weighted by Gasteiger charge is -2.39. The minimum Gasteiger partial charge on any atom is -0.355 e. The van der Waals surface area contributed by atoms with E-state index >= 15 is 0 Å². The SMILES string of the molecule is Cc1cccc(C2CC(NC3CCC(=O)NC3)C2)c1. The number of benzene rings is 1. The molecular weight excluding hydrogens is 236 g/mol. The third-order valence-electron chi connectivity index (χ3n) is 4.39. The number of hydrogen-bond donors (Lipinski definition) is 2. The molecule has 102 valence electrons. The molecule has 1 heterocycles. The average Bonchev–Trinajstić information content (AvgIpc) is 2.35. The summed E-state index contributed by atoms with van der Waals surface area (Å²) in [5.74, 6) is 0.917. The molecule has 1 aliphatic carbocycles. The molecule has 1 unspecified atom stereocenters. The fourth-order valence-electron chi connectivity index (χ4n) is 3.16. The topological polar surface area (TPSA) is 41.1 Å². The highest BCUT2D eigenvalue weighted by molar-refractivity contribution is 5.76. The molecule has 1 saturated heterocycles. The van der Waals surface area contributed by atoms with Gasteiger partial charge in [0.2, 0.25) is 5.91 Å². The third-order valence-corrected chi connectivity index (χ3v) is 4.39. The normalized spacial score (nSPS) is 30.6. The molecule has 3 nitrogen and oxygen atoms in total. The molecule has 1 amide bonds. The van der Waals surface area contributed by atoms with Crippen LogP contribution in [0.5, 0.6) is 0 Å². The Morgan fingerprint density at radius 3 is 2.79 bits per heavy atom. The van der Waals surface area contributed by atoms with Gasteiger partial charge in [0.05, 0.1) is 0 Å². The summed E-state index contributed by atoms with van der Waals surface area (Å²) in [6.07, 6.45) is 4.12. The molecule has 1 atom stereocenters. The zero-order valence-electron chi connectivity index (χ0n) is 11.5. The van der Waals surface area contributed by atoms with Crippen molar-refractivity contribution in [3.63, 3.8) is 0 Å². The monoisotopic (exact) mass is 258 g/mol. The number of rotatable bonds is 3. The Balaban J connectivity index is 1.46. The van der Waals surface area contributed by atoms with Gasteiger partial charge in [-0.15, -0.1) is 0 Å². The summed E-state index contributed by atoms with van der Waals surface area (Å²) in [7, 11) is 0. The summed E-state index contributed by atoms with van der Waals surface area (Å²) in [5, 5.41) is 6.61. The standard InChI is InChI=1S/C16H22N2O/c1-11-3-2-4-12(7-11)13-8-15(9-13)18-14-5-6-16(19)17-10-14/h2-4,7,13-15,18H,5-6,8-10H2,1H3,(H,17,19). The number of amides is 1. The molecular formula is C16H22N2O. The van der Waals surface area contributed by atoms with Gasteiger partial charge in [0.1, 0.15) is 0 Å². The molecule has 3 heteroatoms. The molecule has 19 heavy (non-hydrogen) atoms. The Morgan fingerprint density at radius 1 is 1.26 bits per heavy atom. The van der Waals surface area contributed by atoms with Crippen LogP contribution in [-0.4, -0.2) is 24.5 Å². The van der Waals surface area contributed by atoms with E-state index in [1.54, 1.807) is 0 Å². The molecule has 0 bridgehead atoms. The van der Waals surface area contributed by atoms with Crippen molar-refractivity contribution in [3.05, 3.63) is 35.4 Å². The molecule has 3 rings (SSSR count). The van der Waals surface area contributed by atoms with Crippen molar-refractivity contribution in [1.29, 1.82) is 0 Å². The van der Waals surface area contributed by atoms with E-state index in [9.17, 15) is 4.79 Å². The van der Waals surface area contributed by atoms with Crippen LogP contribution >= 0.6 is 0 Å². The van der Waals surface area contributed by atoms with Crippen LogP contribution in [0.15, 0.2) is 24.3 Å². The lowest BCUT2D eigenvalue weighted by molar-refractivity contribution is -0.122. The van der Waals surface area contributed by atoms with Gasteiger partial charge in [-0.1, -0.05) is 29.8 Å². The van der Waals surface area contributed by atoms with Crippen molar-refractivity contribution < 1.29 is 4.79 Å². The zero-order valence-corrected chi connectivity index (χ0v) is 11.5. The summed E-state index contributed by atoms with van der Waals surface area (Å²) >= 11 is 0. The van der Waals surface area contributed by atoms with Crippen molar-refractivity contribution >= 4 is 5.91 Å². The minimum atomic E-state index is 0.198. The number of hydrogen-bond acceptors (Lipinski definition) is 2. The second-order valence-corrected chi connectivity index (χ2v) is 5.99. The fourth-order valence-corrected chi connectivity index (χ4v) is 3.16. The quantitative estimate of drug-likeness (QED) is 0.872. The molecule has 1 aromatic carbocycles. The Bertz CT molecular complexity index is 456. The zero-order chi connectivity index (χ0) is 13.2. The first-order valence-electron chi connectivity index (χ1n) is 7.30. The Kier molecular flexibility index (Phi) is 3.56. The van der Waals surface area contributed by atoms with Crippen molar-refractivity contribution in [2.45, 2.75) is 50.6 Å². The maximum Gasteiger partial charge on any atom is 0.220 e. The van der Waals surface area contributed by atoms with Gasteiger partial charge in [0, 0.05) is 25.0 Å². The summed E-state index contributed by atoms with van der Waals surface area (Å²) in [6.45, 7) is 2.95. The molecule has 0 radical (unpaired) electrons. The summed E-state index contributed by atoms with van der Waals surface area (Å²) in [5.41, 5.74) is 2.83. The lowest BCUT2D eigenvalue weighted by atomic mass is 9.75. The number of piperidine rings is 1. The van der Waals surface area contributed by atoms with Gasteiger partial charge in [0.15, 0.2) is 0 Å². The maximum atomic E-state index is 11.1. The Hall–Kier alpha value is -1.35. The number of carbonyl (C=O) groups is 1. The lowest BCUT2D eigenvalue weighted by Crippen LogP contribution is -2.52. The van der Waals surface area contributed by atoms with Crippen LogP contribution in [-0.2, 0) is 4.79 Å². The average molecular weight is 258 g/mol. The van der Waals surface area contributed by atoms with Gasteiger partial charge >= 0.3 is 0 Å². The van der Waals surface area contributed by atoms with Crippen LogP contribution in [0.25, 0.3) is 0 Å². The first kappa shape index (κ1) is 12.7. The predicted molar refractivity (Wildman–Crippen MR) is 76.1 cm³/mol. The Labute approximate surface area is 114 Å². The highest BCUT2D eigenvalue weighted by Crippen LogP contribution is 2.37. The third kappa shape index (κ3) is 2.98. The van der Waals surface area contributed by atoms with Crippen LogP contribution in [0.4, 0.5) is 0 Å². The van der Waals surface area contributed by atoms with Crippen molar-refractivity contribution in [2.75, 3.05) is 6.54 Å². The summed E-state index contributed by atoms with van der Waals surface area (Å²) in [4.78, 5) is 11.1. The van der Waals surface area contributed by atoms with E-state index in [1.165, 1.54) is 24.0 Å². The number of nitrogens with one attached hydrogen (secondary N) is 2. The van der Waals surface area contributed by atoms with Gasteiger partial charge in [-0.2, -0.15) is 0 Å². The first-order chi connectivity index (χ1) is 9.20. The molecule has 2 fully saturated rings. The van der Waals surface area contributed by atoms with Gasteiger partial charge in [0.25, 0.3) is 0 Å². The van der Waals surface area contributed by atoms with Crippen LogP contribution in [0.3, 0.4) is 0 Å². The van der Waals surface area contributed by atoms with E-state index in [1.807, 2.05) is 0 Å². The summed E-state index contributed by atoms with van der Waals surface area (Å²) < 4.78 is 0. The molecule has 0 spiro atoms. The van der Waals surface area contributed by atoms with E-state index < -0.39 is 0 Å². The molecule has 1 aliphatic heterocycles. The van der Waals surface area contributed by atoms with Gasteiger partial charge in [-0.3, -0.25) is 4.79 Å². The van der Waals surface area contributed by atoms with Gasteiger partial charge < -0.3 is 10.6 Å². The fraction of sp³-hybridized carbons (Fsp3) is 0.562. The van der Waals surface area contributed by atoms with Crippen LogP contribution in [0.2, 0.25) is 0 Å². The first-order valence-corrected chi connectivity index (χ1v) is 7.30. The second kappa shape index (κ2) is 5.33. The maximum absolute atomic E-state index is 11.1. The van der Waals surface area contributed by atoms with Crippen molar-refractivity contribution in [3.8, 4) is 0 Å². The van der Waals surface area contributed by atoms with Crippen LogP contribution in [0.1, 0.15) is 42.7 Å². The molecule has 0 aromatic heterocycles. The molecule has 1 saturated carbocycles. The smallest absolute Gasteiger partial charge is 0.220 e. The largest absolute Gasteiger partial charge is 0.355 e. The summed E-state index contributed by atoms with van der Waals surface area (Å²) in [6, 6.07) is 9.97. The molecule has 2 aliphatic rings. The van der Waals surface area contributed by atoms with Crippen molar-refractivity contribution in [2.24, 2.45) is 0 Å². The second-order valence-electron chi connectivity index (χ2n) is 5.99. The van der Waals surface area contributed by atoms with Crippen molar-refractivity contribution in [1.82, 2.24) is 10.6 Å². The van der Waals surface area contributed by atoms with Crippen LogP contribution < -0.4 is 10.6 Å². The van der Waals surface area contributed by atoms with E-state index in [2.05, 4.69) is 41.8 Å². The molecule has 1 aromatic rings. The minimum absolute atomic E-state index is 0.198. The highest BCUT2D eigenvalue weighted by Gasteiger charge is 2.32. The van der Waals surface area contributed by atoms with E-state index in [-0.39, 0.29) is 5.91 Å². The number of aryl methyl sites for hydroxylation is 1. The van der Waals surface area contributed by atoms with Crippen LogP contribution in [0, 0.1) is 6.92 Å². The van der Waals surface area contributed by atoms with E-state index in [0.29, 0.717) is 18.5 Å². The van der Waals surface area contributed by atoms with E-state index in [0.717, 1.165) is 18.9 Å². The van der Waals surface area contributed by atoms with Gasteiger partial charge in [-0.05, 0) is 37.7 Å². The predicted octanol–water partition coefficient (Wildman–Crippen LogP) is 2.11. The highest BCUT2D eigenvalue weighted by atomic mass is 16.1. The molecule has 2 N–H and O–H groups in total. The Morgan fingerprint density at radius 2 is 2.11 bits per heavy atom. The number of carbonyl (C=O) groups excluding carboxylic acids is 1.